The second-order valence-electron chi connectivity index (χ2n) is 4.21. The fraction of sp³-hybridized carbons (Fsp3) is 0. The molecule has 2 aromatic rings. The molecule has 1 amide bonds. The molecule has 0 radical (unpaired) electrons. The monoisotopic (exact) mass is 327 g/mol. The van der Waals surface area contributed by atoms with Crippen LogP contribution in [0.25, 0.3) is 6.08 Å². The van der Waals surface area contributed by atoms with E-state index >= 15 is 0 Å². The van der Waals surface area contributed by atoms with Crippen molar-refractivity contribution in [1.82, 2.24) is 10.3 Å². The van der Waals surface area contributed by atoms with Gasteiger partial charge in [-0.25, -0.2) is 4.99 Å². The van der Waals surface area contributed by atoms with Crippen molar-refractivity contribution in [3.8, 4) is 0 Å². The van der Waals surface area contributed by atoms with Gasteiger partial charge in [0.15, 0.2) is 5.84 Å². The molecule has 20 heavy (non-hydrogen) atoms. The maximum absolute atomic E-state index is 11.9. The van der Waals surface area contributed by atoms with Crippen LogP contribution in [0.2, 0.25) is 0 Å². The highest BCUT2D eigenvalue weighted by atomic mass is 79.9. The Hall–Kier alpha value is -2.27. The molecule has 0 bridgehead atoms. The molecule has 0 unspecified atom stereocenters. The third-order valence-electron chi connectivity index (χ3n) is 2.78. The van der Waals surface area contributed by atoms with Crippen LogP contribution in [0.15, 0.2) is 63.8 Å². The van der Waals surface area contributed by atoms with Gasteiger partial charge in [0.25, 0.3) is 5.91 Å². The summed E-state index contributed by atoms with van der Waals surface area (Å²) in [6.07, 6.45) is 3.41. The molecule has 0 aliphatic carbocycles. The molecule has 1 aliphatic rings. The summed E-state index contributed by atoms with van der Waals surface area (Å²) in [4.78, 5) is 20.4. The predicted octanol–water partition coefficient (Wildman–Crippen LogP) is 2.76. The number of aromatic nitrogens is 1. The lowest BCUT2D eigenvalue weighted by Gasteiger charge is -1.97. The van der Waals surface area contributed by atoms with Crippen molar-refractivity contribution in [1.29, 1.82) is 0 Å². The Morgan fingerprint density at radius 1 is 1.10 bits per heavy atom. The first kappa shape index (κ1) is 12.7. The lowest BCUT2D eigenvalue weighted by Crippen LogP contribution is -2.25. The highest BCUT2D eigenvalue weighted by Gasteiger charge is 2.21. The Morgan fingerprint density at radius 3 is 2.60 bits per heavy atom. The van der Waals surface area contributed by atoms with Gasteiger partial charge in [0.1, 0.15) is 11.4 Å². The Morgan fingerprint density at radius 2 is 1.90 bits per heavy atom. The van der Waals surface area contributed by atoms with E-state index in [2.05, 4.69) is 31.2 Å². The van der Waals surface area contributed by atoms with Gasteiger partial charge in [-0.1, -0.05) is 34.1 Å². The summed E-state index contributed by atoms with van der Waals surface area (Å²) in [6, 6.07) is 13.1. The maximum Gasteiger partial charge on any atom is 0.275 e. The Kier molecular flexibility index (Phi) is 3.43. The quantitative estimate of drug-likeness (QED) is 0.862. The number of nitrogens with zero attached hydrogens (tertiary/aromatic N) is 2. The van der Waals surface area contributed by atoms with Crippen LogP contribution in [0.4, 0.5) is 0 Å². The minimum atomic E-state index is -0.214. The van der Waals surface area contributed by atoms with Crippen molar-refractivity contribution in [2.75, 3.05) is 0 Å². The van der Waals surface area contributed by atoms with Gasteiger partial charge < -0.3 is 5.32 Å². The minimum Gasteiger partial charge on any atom is -0.303 e. The zero-order valence-electron chi connectivity index (χ0n) is 10.4. The van der Waals surface area contributed by atoms with Crippen molar-refractivity contribution >= 4 is 33.7 Å². The Bertz CT molecular complexity index is 706. The molecular weight excluding hydrogens is 318 g/mol. The van der Waals surface area contributed by atoms with E-state index in [1.165, 1.54) is 0 Å². The summed E-state index contributed by atoms with van der Waals surface area (Å²) in [7, 11) is 0. The zero-order chi connectivity index (χ0) is 13.9. The van der Waals surface area contributed by atoms with E-state index in [-0.39, 0.29) is 5.91 Å². The molecule has 0 saturated heterocycles. The van der Waals surface area contributed by atoms with Crippen LogP contribution in [0.1, 0.15) is 11.3 Å². The molecule has 1 aromatic carbocycles. The zero-order valence-corrected chi connectivity index (χ0v) is 12.0. The molecule has 1 aromatic heterocycles. The number of amidine groups is 1. The standard InChI is InChI=1S/C15H10BrN3O/c16-11-6-4-10(5-7-11)9-13-15(20)19-14(18-13)12-3-1-2-8-17-12/h1-9H,(H,18,19,20)/b13-9+. The van der Waals surface area contributed by atoms with E-state index < -0.39 is 0 Å². The van der Waals surface area contributed by atoms with Crippen molar-refractivity contribution in [3.05, 3.63) is 70.1 Å². The fourth-order valence-corrected chi connectivity index (χ4v) is 2.07. The van der Waals surface area contributed by atoms with E-state index in [4.69, 9.17) is 0 Å². The second kappa shape index (κ2) is 5.38. The summed E-state index contributed by atoms with van der Waals surface area (Å²) in [5, 5.41) is 2.72. The van der Waals surface area contributed by atoms with Crippen LogP contribution in [0.3, 0.4) is 0 Å². The number of rotatable bonds is 2. The highest BCUT2D eigenvalue weighted by Crippen LogP contribution is 2.16. The van der Waals surface area contributed by atoms with Crippen molar-refractivity contribution < 1.29 is 4.79 Å². The molecular formula is C15H10BrN3O. The number of hydrogen-bond acceptors (Lipinski definition) is 3. The van der Waals surface area contributed by atoms with Crippen LogP contribution >= 0.6 is 15.9 Å². The topological polar surface area (TPSA) is 54.4 Å². The molecule has 5 heteroatoms. The molecule has 2 heterocycles. The second-order valence-corrected chi connectivity index (χ2v) is 5.13. The normalized spacial score (nSPS) is 16.1. The number of carbonyl (C=O) groups excluding carboxylic acids is 1. The van der Waals surface area contributed by atoms with Crippen LogP contribution in [-0.2, 0) is 4.79 Å². The SMILES string of the molecule is O=C1NC(c2ccccn2)=N/C1=C/c1ccc(Br)cc1. The summed E-state index contributed by atoms with van der Waals surface area (Å²) >= 11 is 3.37. The van der Waals surface area contributed by atoms with Gasteiger partial charge >= 0.3 is 0 Å². The van der Waals surface area contributed by atoms with Crippen LogP contribution in [-0.4, -0.2) is 16.7 Å². The maximum atomic E-state index is 11.9. The van der Waals surface area contributed by atoms with Gasteiger partial charge in [-0.2, -0.15) is 0 Å². The number of hydrogen-bond donors (Lipinski definition) is 1. The third kappa shape index (κ3) is 2.67. The third-order valence-corrected chi connectivity index (χ3v) is 3.31. The van der Waals surface area contributed by atoms with Crippen LogP contribution in [0, 0.1) is 0 Å². The summed E-state index contributed by atoms with van der Waals surface area (Å²) in [5.74, 6) is 0.271. The lowest BCUT2D eigenvalue weighted by atomic mass is 10.2. The van der Waals surface area contributed by atoms with E-state index in [1.807, 2.05) is 42.5 Å². The minimum absolute atomic E-state index is 0.214. The number of aliphatic imine (C=N–C) groups is 1. The average Bonchev–Trinajstić information content (AvgIpc) is 2.84. The number of pyridine rings is 1. The van der Waals surface area contributed by atoms with E-state index in [0.29, 0.717) is 17.2 Å². The Balaban J connectivity index is 1.92. The number of nitrogens with one attached hydrogen (secondary N) is 1. The fourth-order valence-electron chi connectivity index (χ4n) is 1.81. The number of carbonyl (C=O) groups is 1. The summed E-state index contributed by atoms with van der Waals surface area (Å²) in [5.41, 5.74) is 1.96. The van der Waals surface area contributed by atoms with Crippen molar-refractivity contribution in [3.63, 3.8) is 0 Å². The number of amides is 1. The molecule has 0 spiro atoms. The number of benzene rings is 1. The largest absolute Gasteiger partial charge is 0.303 e. The first-order chi connectivity index (χ1) is 9.72. The van der Waals surface area contributed by atoms with Crippen LogP contribution in [0.5, 0.6) is 0 Å². The summed E-state index contributed by atoms with van der Waals surface area (Å²) < 4.78 is 0.994. The molecule has 4 nitrogen and oxygen atoms in total. The van der Waals surface area contributed by atoms with Crippen LogP contribution < -0.4 is 5.32 Å². The first-order valence-corrected chi connectivity index (χ1v) is 6.80. The van der Waals surface area contributed by atoms with Gasteiger partial charge in [-0.15, -0.1) is 0 Å². The first-order valence-electron chi connectivity index (χ1n) is 6.01. The smallest absolute Gasteiger partial charge is 0.275 e. The molecule has 98 valence electrons. The van der Waals surface area contributed by atoms with E-state index in [0.717, 1.165) is 10.0 Å². The average molecular weight is 328 g/mol. The molecule has 3 rings (SSSR count). The Labute approximate surface area is 124 Å². The highest BCUT2D eigenvalue weighted by molar-refractivity contribution is 9.10. The van der Waals surface area contributed by atoms with E-state index in [1.54, 1.807) is 12.3 Å². The van der Waals surface area contributed by atoms with Gasteiger partial charge in [0, 0.05) is 10.7 Å². The van der Waals surface area contributed by atoms with Gasteiger partial charge in [0.2, 0.25) is 0 Å². The predicted molar refractivity (Wildman–Crippen MR) is 81.0 cm³/mol. The molecule has 0 atom stereocenters. The van der Waals surface area contributed by atoms with Crippen molar-refractivity contribution in [2.45, 2.75) is 0 Å². The van der Waals surface area contributed by atoms with Gasteiger partial charge in [0.05, 0.1) is 0 Å². The molecule has 0 fully saturated rings. The van der Waals surface area contributed by atoms with Gasteiger partial charge in [-0.05, 0) is 35.9 Å². The summed E-state index contributed by atoms with van der Waals surface area (Å²) in [6.45, 7) is 0. The molecule has 0 saturated carbocycles. The number of halogens is 1. The molecule has 1 N–H and O–H groups in total. The lowest BCUT2D eigenvalue weighted by molar-refractivity contribution is -0.115. The van der Waals surface area contributed by atoms with Gasteiger partial charge in [-0.3, -0.25) is 9.78 Å². The van der Waals surface area contributed by atoms with E-state index in [9.17, 15) is 4.79 Å². The van der Waals surface area contributed by atoms with Crippen molar-refractivity contribution in [2.24, 2.45) is 4.99 Å². The molecule has 1 aliphatic heterocycles.